The minimum atomic E-state index is -3.96. The van der Waals surface area contributed by atoms with Crippen molar-refractivity contribution in [3.63, 3.8) is 0 Å². The molecule has 3 aromatic rings. The summed E-state index contributed by atoms with van der Waals surface area (Å²) in [5.74, 6) is -0.981. The summed E-state index contributed by atoms with van der Waals surface area (Å²) in [6, 6.07) is 14.5. The fourth-order valence-electron chi connectivity index (χ4n) is 4.43. The summed E-state index contributed by atoms with van der Waals surface area (Å²) in [5.41, 5.74) is 2.42. The Balaban J connectivity index is 1.97. The van der Waals surface area contributed by atoms with Crippen LogP contribution in [0.3, 0.4) is 0 Å². The van der Waals surface area contributed by atoms with Gasteiger partial charge in [-0.05, 0) is 79.1 Å². The van der Waals surface area contributed by atoms with Gasteiger partial charge in [0.05, 0.1) is 30.7 Å². The van der Waals surface area contributed by atoms with E-state index in [0.29, 0.717) is 28.2 Å². The Morgan fingerprint density at radius 2 is 1.62 bits per heavy atom. The summed E-state index contributed by atoms with van der Waals surface area (Å²) in [7, 11) is -0.933. The van der Waals surface area contributed by atoms with Gasteiger partial charge in [-0.3, -0.25) is 14.5 Å². The molecular formula is C27H26N2O7S. The number of benzene rings is 3. The van der Waals surface area contributed by atoms with Crippen LogP contribution in [0, 0.1) is 13.8 Å². The lowest BCUT2D eigenvalue weighted by Gasteiger charge is -2.26. The van der Waals surface area contributed by atoms with Crippen molar-refractivity contribution in [2.24, 2.45) is 5.14 Å². The number of aliphatic hydroxyl groups is 1. The molecule has 0 saturated carbocycles. The molecule has 37 heavy (non-hydrogen) atoms. The van der Waals surface area contributed by atoms with Crippen LogP contribution in [0.2, 0.25) is 0 Å². The standard InChI is InChI=1S/C27H26N2O7S/c1-15-13-22(36-4)16(2)12-21(15)25(30)23-24(17-6-5-7-19(14-17)35-3)29(27(32)26(23)31)18-8-10-20(11-9-18)37(28,33)34/h5-14,24,30H,1-4H3,(H2,28,33,34)/b25-23+. The first-order valence-electron chi connectivity index (χ1n) is 11.2. The van der Waals surface area contributed by atoms with E-state index in [1.165, 1.54) is 43.4 Å². The predicted octanol–water partition coefficient (Wildman–Crippen LogP) is 3.59. The molecule has 1 fully saturated rings. The molecule has 1 unspecified atom stereocenters. The largest absolute Gasteiger partial charge is 0.507 e. The summed E-state index contributed by atoms with van der Waals surface area (Å²) >= 11 is 0. The number of hydrogen-bond acceptors (Lipinski definition) is 7. The number of methoxy groups -OCH3 is 2. The molecule has 3 N–H and O–H groups in total. The van der Waals surface area contributed by atoms with Gasteiger partial charge in [0.15, 0.2) is 0 Å². The lowest BCUT2D eigenvalue weighted by molar-refractivity contribution is -0.132. The molecule has 1 amide bonds. The fraction of sp³-hybridized carbons (Fsp3) is 0.185. The molecule has 4 rings (SSSR count). The number of amides is 1. The average Bonchev–Trinajstić information content (AvgIpc) is 3.14. The lowest BCUT2D eigenvalue weighted by Crippen LogP contribution is -2.29. The van der Waals surface area contributed by atoms with Crippen LogP contribution in [0.5, 0.6) is 11.5 Å². The van der Waals surface area contributed by atoms with E-state index < -0.39 is 27.8 Å². The van der Waals surface area contributed by atoms with E-state index in [1.807, 2.05) is 0 Å². The quantitative estimate of drug-likeness (QED) is 0.287. The molecule has 0 spiro atoms. The van der Waals surface area contributed by atoms with Crippen molar-refractivity contribution >= 4 is 33.2 Å². The number of aliphatic hydroxyl groups excluding tert-OH is 1. The van der Waals surface area contributed by atoms with E-state index in [4.69, 9.17) is 14.6 Å². The van der Waals surface area contributed by atoms with Gasteiger partial charge in [0.1, 0.15) is 17.3 Å². The first-order valence-corrected chi connectivity index (χ1v) is 12.8. The van der Waals surface area contributed by atoms with E-state index in [1.54, 1.807) is 50.2 Å². The first-order chi connectivity index (χ1) is 17.5. The van der Waals surface area contributed by atoms with Gasteiger partial charge in [-0.25, -0.2) is 13.6 Å². The number of carbonyl (C=O) groups excluding carboxylic acids is 2. The topological polar surface area (TPSA) is 136 Å². The number of nitrogens with zero attached hydrogens (tertiary/aromatic N) is 1. The van der Waals surface area contributed by atoms with Crippen LogP contribution in [-0.2, 0) is 19.6 Å². The van der Waals surface area contributed by atoms with Crippen LogP contribution in [-0.4, -0.2) is 39.4 Å². The van der Waals surface area contributed by atoms with Gasteiger partial charge >= 0.3 is 0 Å². The maximum absolute atomic E-state index is 13.4. The van der Waals surface area contributed by atoms with Crippen LogP contribution in [0.4, 0.5) is 5.69 Å². The molecule has 3 aromatic carbocycles. The van der Waals surface area contributed by atoms with Crippen LogP contribution in [0.1, 0.15) is 28.3 Å². The van der Waals surface area contributed by atoms with Gasteiger partial charge in [-0.2, -0.15) is 0 Å². The minimum Gasteiger partial charge on any atom is -0.507 e. The highest BCUT2D eigenvalue weighted by molar-refractivity contribution is 7.89. The summed E-state index contributed by atoms with van der Waals surface area (Å²) in [5, 5.41) is 16.7. The number of carbonyl (C=O) groups is 2. The molecule has 9 nitrogen and oxygen atoms in total. The fourth-order valence-corrected chi connectivity index (χ4v) is 4.95. The molecule has 0 aromatic heterocycles. The van der Waals surface area contributed by atoms with E-state index in [-0.39, 0.29) is 21.9 Å². The Morgan fingerprint density at radius 1 is 0.946 bits per heavy atom. The zero-order chi connectivity index (χ0) is 27.1. The van der Waals surface area contributed by atoms with Crippen molar-refractivity contribution in [1.29, 1.82) is 0 Å². The Hall–Kier alpha value is -4.15. The third-order valence-corrected chi connectivity index (χ3v) is 7.22. The number of ketones is 1. The third kappa shape index (κ3) is 4.68. The Bertz CT molecular complexity index is 1540. The molecule has 1 atom stereocenters. The predicted molar refractivity (Wildman–Crippen MR) is 138 cm³/mol. The third-order valence-electron chi connectivity index (χ3n) is 6.29. The van der Waals surface area contributed by atoms with E-state index in [0.717, 1.165) is 5.56 Å². The molecule has 0 bridgehead atoms. The number of primary sulfonamides is 1. The monoisotopic (exact) mass is 522 g/mol. The van der Waals surface area contributed by atoms with Gasteiger partial charge in [0, 0.05) is 11.3 Å². The van der Waals surface area contributed by atoms with E-state index >= 15 is 0 Å². The zero-order valence-corrected chi connectivity index (χ0v) is 21.5. The highest BCUT2D eigenvalue weighted by Crippen LogP contribution is 2.43. The minimum absolute atomic E-state index is 0.110. The highest BCUT2D eigenvalue weighted by atomic mass is 32.2. The van der Waals surface area contributed by atoms with Crippen molar-refractivity contribution in [3.8, 4) is 11.5 Å². The molecule has 0 aliphatic carbocycles. The van der Waals surface area contributed by atoms with Crippen molar-refractivity contribution in [2.75, 3.05) is 19.1 Å². The smallest absolute Gasteiger partial charge is 0.300 e. The van der Waals surface area contributed by atoms with Gasteiger partial charge in [-0.1, -0.05) is 12.1 Å². The number of ether oxygens (including phenoxy) is 2. The first kappa shape index (κ1) is 25.9. The number of nitrogens with two attached hydrogens (primary N) is 1. The second-order valence-corrected chi connectivity index (χ2v) is 10.2. The van der Waals surface area contributed by atoms with Crippen LogP contribution >= 0.6 is 0 Å². The number of anilines is 1. The maximum Gasteiger partial charge on any atom is 0.300 e. The SMILES string of the molecule is COc1cccc(C2/C(=C(\O)c3cc(C)c(OC)cc3C)C(=O)C(=O)N2c2ccc(S(N)(=O)=O)cc2)c1. The Morgan fingerprint density at radius 3 is 2.22 bits per heavy atom. The van der Waals surface area contributed by atoms with Gasteiger partial charge in [0.25, 0.3) is 11.7 Å². The summed E-state index contributed by atoms with van der Waals surface area (Å²) < 4.78 is 34.1. The number of rotatable bonds is 6. The number of aryl methyl sites for hydroxylation is 2. The Kier molecular flexibility index (Phi) is 6.81. The van der Waals surface area contributed by atoms with E-state index in [2.05, 4.69) is 0 Å². The van der Waals surface area contributed by atoms with Crippen molar-refractivity contribution in [2.45, 2.75) is 24.8 Å². The highest BCUT2D eigenvalue weighted by Gasteiger charge is 2.47. The molecule has 1 aliphatic rings. The number of Topliss-reactive ketones (excluding diaryl/α,β-unsaturated/α-hetero) is 1. The maximum atomic E-state index is 13.4. The van der Waals surface area contributed by atoms with Crippen LogP contribution in [0.15, 0.2) is 71.1 Å². The van der Waals surface area contributed by atoms with Crippen molar-refractivity contribution in [1.82, 2.24) is 0 Å². The Labute approximate surface area is 214 Å². The summed E-state index contributed by atoms with van der Waals surface area (Å²) in [4.78, 5) is 27.8. The zero-order valence-electron chi connectivity index (χ0n) is 20.7. The number of hydrogen-bond donors (Lipinski definition) is 2. The molecule has 192 valence electrons. The molecule has 1 saturated heterocycles. The van der Waals surface area contributed by atoms with Crippen LogP contribution in [0.25, 0.3) is 5.76 Å². The van der Waals surface area contributed by atoms with Crippen molar-refractivity contribution < 1.29 is 32.6 Å². The van der Waals surface area contributed by atoms with Crippen molar-refractivity contribution in [3.05, 3.63) is 88.5 Å². The van der Waals surface area contributed by atoms with E-state index in [9.17, 15) is 23.1 Å². The average molecular weight is 523 g/mol. The molecule has 10 heteroatoms. The van der Waals surface area contributed by atoms with Gasteiger partial charge < -0.3 is 14.6 Å². The second kappa shape index (κ2) is 9.72. The molecule has 1 aliphatic heterocycles. The molecule has 1 heterocycles. The molecule has 0 radical (unpaired) electrons. The second-order valence-electron chi connectivity index (χ2n) is 8.62. The van der Waals surface area contributed by atoms with Gasteiger partial charge in [0.2, 0.25) is 10.0 Å². The molecular weight excluding hydrogens is 496 g/mol. The normalized spacial score (nSPS) is 17.2. The summed E-state index contributed by atoms with van der Waals surface area (Å²) in [6.45, 7) is 3.57. The van der Waals surface area contributed by atoms with Gasteiger partial charge in [-0.15, -0.1) is 0 Å². The number of sulfonamides is 1. The van der Waals surface area contributed by atoms with Crippen LogP contribution < -0.4 is 19.5 Å². The lowest BCUT2D eigenvalue weighted by atomic mass is 9.93. The summed E-state index contributed by atoms with van der Waals surface area (Å²) in [6.07, 6.45) is 0.